The molecule has 0 aliphatic heterocycles. The van der Waals surface area contributed by atoms with E-state index in [9.17, 15) is 4.57 Å². The van der Waals surface area contributed by atoms with Crippen LogP contribution in [-0.4, -0.2) is 22.9 Å². The number of benzene rings is 9. The first kappa shape index (κ1) is 33.5. The highest BCUT2D eigenvalue weighted by Gasteiger charge is 2.23. The van der Waals surface area contributed by atoms with Crippen LogP contribution in [0.15, 0.2) is 188 Å². The fourth-order valence-electron chi connectivity index (χ4n) is 9.23. The molecule has 0 spiro atoms. The largest absolute Gasteiger partial charge is 0.319 e. The molecule has 0 radical (unpaired) electrons. The van der Waals surface area contributed by atoms with Crippen LogP contribution >= 0.6 is 7.14 Å². The first-order valence-electron chi connectivity index (χ1n) is 19.4. The molecule has 0 saturated carbocycles. The normalized spacial score (nSPS) is 12.1. The Hall–Kier alpha value is -6.80. The van der Waals surface area contributed by atoms with E-state index < -0.39 is 7.14 Å². The number of aromatic nitrogens is 2. The second-order valence-corrected chi connectivity index (χ2v) is 18.5. The van der Waals surface area contributed by atoms with Crippen molar-refractivity contribution in [2.24, 2.45) is 0 Å². The topological polar surface area (TPSA) is 34.9 Å². The molecule has 0 aliphatic rings. The molecule has 9 aromatic carbocycles. The molecule has 0 N–H and O–H groups in total. The van der Waals surface area contributed by atoms with Crippen molar-refractivity contribution in [3.8, 4) is 39.2 Å². The molecule has 57 heavy (non-hydrogen) atoms. The number of hydrogen-bond donors (Lipinski definition) is 0. The summed E-state index contributed by atoms with van der Waals surface area (Å²) in [5.41, 5.74) is 11.1. The number of rotatable bonds is 5. The maximum absolute atomic E-state index is 13.8. The molecule has 0 aliphatic carbocycles. The fourth-order valence-corrected chi connectivity index (χ4v) is 10.8. The van der Waals surface area contributed by atoms with Gasteiger partial charge in [0.1, 0.15) is 7.14 Å². The summed E-state index contributed by atoms with van der Waals surface area (Å²) >= 11 is 0. The molecule has 4 heteroatoms. The van der Waals surface area contributed by atoms with Gasteiger partial charge in [0.05, 0.1) is 22.2 Å². The highest BCUT2D eigenvalue weighted by Crippen LogP contribution is 2.46. The van der Waals surface area contributed by atoms with E-state index in [-0.39, 0.29) is 0 Å². The Morgan fingerprint density at radius 3 is 1.65 bits per heavy atom. The summed E-state index contributed by atoms with van der Waals surface area (Å²) in [6, 6.07) is 67.1. The summed E-state index contributed by atoms with van der Waals surface area (Å²) < 4.78 is 16.1. The zero-order chi connectivity index (χ0) is 38.3. The summed E-state index contributed by atoms with van der Waals surface area (Å²) in [6.45, 7) is 3.76. The lowest BCUT2D eigenvalue weighted by molar-refractivity contribution is 0.588. The predicted octanol–water partition coefficient (Wildman–Crippen LogP) is 14.0. The van der Waals surface area contributed by atoms with E-state index in [1.807, 2.05) is 13.3 Å². The molecule has 0 amide bonds. The Labute approximate surface area is 330 Å². The van der Waals surface area contributed by atoms with Gasteiger partial charge in [-0.25, -0.2) is 4.98 Å². The number of nitrogens with zero attached hydrogens (tertiary/aromatic N) is 2. The van der Waals surface area contributed by atoms with Gasteiger partial charge in [0.2, 0.25) is 0 Å². The lowest BCUT2D eigenvalue weighted by Gasteiger charge is -2.19. The first-order chi connectivity index (χ1) is 27.9. The first-order valence-corrected chi connectivity index (χ1v) is 22.0. The van der Waals surface area contributed by atoms with Gasteiger partial charge in [0.25, 0.3) is 0 Å². The number of hydrogen-bond acceptors (Lipinski definition) is 2. The van der Waals surface area contributed by atoms with Gasteiger partial charge < -0.3 is 9.13 Å². The summed E-state index contributed by atoms with van der Waals surface area (Å²) in [7, 11) is -2.58. The molecule has 3 nitrogen and oxygen atoms in total. The highest BCUT2D eigenvalue weighted by molar-refractivity contribution is 7.71. The third-order valence-corrected chi connectivity index (χ3v) is 13.2. The van der Waals surface area contributed by atoms with E-state index in [0.717, 1.165) is 76.8 Å². The van der Waals surface area contributed by atoms with Gasteiger partial charge in [-0.3, -0.25) is 0 Å². The van der Waals surface area contributed by atoms with E-state index in [1.54, 1.807) is 0 Å². The van der Waals surface area contributed by atoms with Crippen LogP contribution in [0.3, 0.4) is 0 Å². The Kier molecular flexibility index (Phi) is 7.58. The molecule has 11 aromatic rings. The average molecular weight is 749 g/mol. The van der Waals surface area contributed by atoms with Crippen LogP contribution in [-0.2, 0) is 4.57 Å². The molecule has 2 heterocycles. The smallest absolute Gasteiger partial charge is 0.111 e. The van der Waals surface area contributed by atoms with E-state index in [2.05, 4.69) is 193 Å². The average Bonchev–Trinajstić information content (AvgIpc) is 3.60. The molecule has 0 fully saturated rings. The van der Waals surface area contributed by atoms with Crippen molar-refractivity contribution in [2.75, 3.05) is 13.3 Å². The van der Waals surface area contributed by atoms with E-state index in [1.165, 1.54) is 32.8 Å². The molecule has 270 valence electrons. The second kappa shape index (κ2) is 12.9. The van der Waals surface area contributed by atoms with Crippen molar-refractivity contribution < 1.29 is 4.57 Å². The Balaban J connectivity index is 1.15. The fraction of sp³-hybridized carbons (Fsp3) is 0.0377. The Bertz CT molecular complexity index is 3380. The number of pyridine rings is 1. The number of para-hydroxylation sites is 2. The standard InChI is InChI=1S/C53H37N2OP/c1-57(2,56)53-41-21-11-9-19-39(41)49(40-20-10-12-22-42(40)53)35-27-25-34(26-28-35)37-29-31-46-45(33-37)50-44(52(54-46)36-15-5-3-6-16-36)30-32-48-51(50)43-23-13-14-24-47(43)55(48)38-17-7-4-8-18-38/h3-33H,1-2H3. The van der Waals surface area contributed by atoms with E-state index in [4.69, 9.17) is 4.98 Å². The maximum Gasteiger partial charge on any atom is 0.111 e. The molecule has 0 unspecified atom stereocenters. The molecular weight excluding hydrogens is 712 g/mol. The van der Waals surface area contributed by atoms with Crippen LogP contribution in [0.1, 0.15) is 0 Å². The second-order valence-electron chi connectivity index (χ2n) is 15.4. The van der Waals surface area contributed by atoms with Gasteiger partial charge >= 0.3 is 0 Å². The third-order valence-electron chi connectivity index (χ3n) is 11.6. The van der Waals surface area contributed by atoms with Gasteiger partial charge in [-0.15, -0.1) is 0 Å². The summed E-state index contributed by atoms with van der Waals surface area (Å²) in [6.07, 6.45) is 0. The molecule has 2 aromatic heterocycles. The van der Waals surface area contributed by atoms with Gasteiger partial charge in [-0.1, -0.05) is 152 Å². The number of fused-ring (bicyclic) bond motifs is 9. The molecule has 0 saturated heterocycles. The summed E-state index contributed by atoms with van der Waals surface area (Å²) in [5.74, 6) is 0. The van der Waals surface area contributed by atoms with Crippen LogP contribution in [0.5, 0.6) is 0 Å². The Morgan fingerprint density at radius 2 is 0.982 bits per heavy atom. The van der Waals surface area contributed by atoms with Crippen LogP contribution in [0.2, 0.25) is 0 Å². The SMILES string of the molecule is CP(C)(=O)c1c2ccccc2c(-c2ccc(-c3ccc4nc(-c5ccccc5)c5ccc6c(c7ccccc7n6-c6ccccc6)c5c4c3)cc2)c2ccccc12. The van der Waals surface area contributed by atoms with E-state index in [0.29, 0.717) is 0 Å². The third kappa shape index (κ3) is 5.27. The van der Waals surface area contributed by atoms with Crippen molar-refractivity contribution >= 4 is 77.5 Å². The van der Waals surface area contributed by atoms with Crippen molar-refractivity contribution in [1.29, 1.82) is 0 Å². The molecule has 0 bridgehead atoms. The quantitative estimate of drug-likeness (QED) is 0.0998. The lowest BCUT2D eigenvalue weighted by Crippen LogP contribution is -2.08. The summed E-state index contributed by atoms with van der Waals surface area (Å²) in [4.78, 5) is 5.37. The van der Waals surface area contributed by atoms with Crippen LogP contribution < -0.4 is 5.30 Å². The zero-order valence-corrected chi connectivity index (χ0v) is 32.5. The minimum Gasteiger partial charge on any atom is -0.319 e. The minimum absolute atomic E-state index is 0.961. The van der Waals surface area contributed by atoms with Gasteiger partial charge in [-0.05, 0) is 93.5 Å². The van der Waals surface area contributed by atoms with Gasteiger partial charge in [0, 0.05) is 43.5 Å². The van der Waals surface area contributed by atoms with Crippen molar-refractivity contribution in [1.82, 2.24) is 9.55 Å². The zero-order valence-electron chi connectivity index (χ0n) is 31.6. The van der Waals surface area contributed by atoms with Crippen molar-refractivity contribution in [2.45, 2.75) is 0 Å². The minimum atomic E-state index is -2.58. The van der Waals surface area contributed by atoms with Crippen LogP contribution in [0.4, 0.5) is 0 Å². The highest BCUT2D eigenvalue weighted by atomic mass is 31.2. The Morgan fingerprint density at radius 1 is 0.421 bits per heavy atom. The molecular formula is C53H37N2OP. The monoisotopic (exact) mass is 748 g/mol. The molecule has 0 atom stereocenters. The predicted molar refractivity (Wildman–Crippen MR) is 244 cm³/mol. The summed E-state index contributed by atoms with van der Waals surface area (Å²) in [5, 5.41) is 11.3. The van der Waals surface area contributed by atoms with Crippen molar-refractivity contribution in [3.63, 3.8) is 0 Å². The lowest BCUT2D eigenvalue weighted by atomic mass is 9.90. The van der Waals surface area contributed by atoms with E-state index >= 15 is 0 Å². The maximum atomic E-state index is 13.8. The molecule has 11 rings (SSSR count). The van der Waals surface area contributed by atoms with Crippen LogP contribution in [0.25, 0.3) is 104 Å². The van der Waals surface area contributed by atoms with Gasteiger partial charge in [-0.2, -0.15) is 0 Å². The van der Waals surface area contributed by atoms with Crippen molar-refractivity contribution in [3.05, 3.63) is 188 Å². The van der Waals surface area contributed by atoms with Crippen LogP contribution in [0, 0.1) is 0 Å². The van der Waals surface area contributed by atoms with Gasteiger partial charge in [0.15, 0.2) is 0 Å².